The summed E-state index contributed by atoms with van der Waals surface area (Å²) in [5.74, 6) is 2.06. The van der Waals surface area contributed by atoms with Crippen LogP contribution in [0.15, 0.2) is 73.3 Å². The Bertz CT molecular complexity index is 1340. The summed E-state index contributed by atoms with van der Waals surface area (Å²) < 4.78 is 0. The standard InChI is InChI=1S/C29H40N2.C13H20.C5H12.C2H6/c1-9-12-26-19-28(29(20-31(8)11-3)23(7)30-10-2)27(17-22(26)6)18-24-13-15-25(16-14-24)21(4)5;1-12(2)8-6-7-11-13-9-4-3-5-10-13;1-4-5(2)3;1-2/h2,13-17,19,23,29-30H,4,9,11-12,18,20H2,1,3,5-8H3;3-5,9-10,12H,6-8,11H2,1-2H3;5H,4H2,1-3H3;1-2H3/t23-,29+;;;/m1.../s1. The lowest BCUT2D eigenvalue weighted by atomic mass is 9.83. The van der Waals surface area contributed by atoms with Crippen LogP contribution in [0.5, 0.6) is 0 Å². The fourth-order valence-corrected chi connectivity index (χ4v) is 5.74. The van der Waals surface area contributed by atoms with E-state index in [-0.39, 0.29) is 6.04 Å². The van der Waals surface area contributed by atoms with Gasteiger partial charge in [0.15, 0.2) is 0 Å². The molecule has 2 atom stereocenters. The van der Waals surface area contributed by atoms with Gasteiger partial charge in [-0.05, 0) is 111 Å². The maximum absolute atomic E-state index is 5.63. The summed E-state index contributed by atoms with van der Waals surface area (Å²) in [4.78, 5) is 2.38. The molecule has 3 aromatic carbocycles. The molecule has 2 nitrogen and oxygen atoms in total. The molecule has 51 heavy (non-hydrogen) atoms. The minimum atomic E-state index is 0.195. The third-order valence-corrected chi connectivity index (χ3v) is 9.48. The summed E-state index contributed by atoms with van der Waals surface area (Å²) in [6.45, 7) is 32.3. The Labute approximate surface area is 317 Å². The highest BCUT2D eigenvalue weighted by atomic mass is 15.1. The van der Waals surface area contributed by atoms with E-state index in [1.807, 2.05) is 13.8 Å². The van der Waals surface area contributed by atoms with Crippen molar-refractivity contribution in [2.75, 3.05) is 20.1 Å². The summed E-state index contributed by atoms with van der Waals surface area (Å²) in [6, 6.07) is 27.3. The fraction of sp³-hybridized carbons (Fsp3) is 0.551. The smallest absolute Gasteiger partial charge is 0.0393 e. The van der Waals surface area contributed by atoms with Crippen molar-refractivity contribution < 1.29 is 0 Å². The first-order chi connectivity index (χ1) is 24.4. The molecule has 0 aromatic heterocycles. The van der Waals surface area contributed by atoms with Crippen molar-refractivity contribution in [3.05, 3.63) is 112 Å². The van der Waals surface area contributed by atoms with Crippen molar-refractivity contribution in [1.82, 2.24) is 10.2 Å². The van der Waals surface area contributed by atoms with Crippen LogP contribution in [0.2, 0.25) is 0 Å². The van der Waals surface area contributed by atoms with Crippen LogP contribution in [0.3, 0.4) is 0 Å². The number of hydrogen-bond donors (Lipinski definition) is 1. The van der Waals surface area contributed by atoms with Crippen molar-refractivity contribution in [3.63, 3.8) is 0 Å². The largest absolute Gasteiger partial charge is 0.343 e. The normalized spacial score (nSPS) is 11.7. The van der Waals surface area contributed by atoms with E-state index >= 15 is 0 Å². The molecule has 3 aromatic rings. The second-order valence-electron chi connectivity index (χ2n) is 14.8. The number of nitrogens with one attached hydrogen (secondary N) is 1. The molecule has 0 amide bonds. The summed E-state index contributed by atoms with van der Waals surface area (Å²) >= 11 is 0. The molecule has 2 heteroatoms. The van der Waals surface area contributed by atoms with Gasteiger partial charge in [0.25, 0.3) is 0 Å². The van der Waals surface area contributed by atoms with E-state index in [0.717, 1.165) is 49.8 Å². The number of benzene rings is 3. The molecular weight excluding hydrogens is 617 g/mol. The van der Waals surface area contributed by atoms with Gasteiger partial charge in [0.2, 0.25) is 0 Å². The van der Waals surface area contributed by atoms with Crippen LogP contribution in [0.1, 0.15) is 153 Å². The van der Waals surface area contributed by atoms with Crippen LogP contribution >= 0.6 is 0 Å². The van der Waals surface area contributed by atoms with E-state index < -0.39 is 0 Å². The Hall–Kier alpha value is -3.28. The van der Waals surface area contributed by atoms with Crippen LogP contribution in [0.4, 0.5) is 0 Å². The summed E-state index contributed by atoms with van der Waals surface area (Å²) in [7, 11) is 2.19. The van der Waals surface area contributed by atoms with E-state index in [9.17, 15) is 0 Å². The van der Waals surface area contributed by atoms with Gasteiger partial charge in [-0.2, -0.15) is 0 Å². The molecule has 0 heterocycles. The van der Waals surface area contributed by atoms with Gasteiger partial charge >= 0.3 is 0 Å². The number of unbranched alkanes of at least 4 members (excludes halogenated alkanes) is 1. The highest BCUT2D eigenvalue weighted by Gasteiger charge is 2.24. The lowest BCUT2D eigenvalue weighted by Gasteiger charge is -2.31. The molecule has 0 saturated carbocycles. The number of nitrogens with zero attached hydrogens (tertiary/aromatic N) is 1. The molecule has 0 spiro atoms. The first-order valence-corrected chi connectivity index (χ1v) is 20.2. The molecule has 0 bridgehead atoms. The molecular formula is C49H78N2. The van der Waals surface area contributed by atoms with Crippen LogP contribution in [-0.2, 0) is 19.3 Å². The number of terminal acetylenes is 1. The van der Waals surface area contributed by atoms with Gasteiger partial charge in [-0.1, -0.05) is 173 Å². The zero-order valence-electron chi connectivity index (χ0n) is 35.5. The van der Waals surface area contributed by atoms with Crippen LogP contribution in [0.25, 0.3) is 5.57 Å². The number of aryl methyl sites for hydroxylation is 3. The molecule has 0 aliphatic rings. The van der Waals surface area contributed by atoms with E-state index in [0.29, 0.717) is 5.92 Å². The Morgan fingerprint density at radius 2 is 1.43 bits per heavy atom. The van der Waals surface area contributed by atoms with Crippen molar-refractivity contribution in [2.24, 2.45) is 11.8 Å². The van der Waals surface area contributed by atoms with Gasteiger partial charge in [-0.15, -0.1) is 0 Å². The van der Waals surface area contributed by atoms with Gasteiger partial charge in [0.05, 0.1) is 0 Å². The zero-order valence-corrected chi connectivity index (χ0v) is 35.5. The van der Waals surface area contributed by atoms with Crippen LogP contribution in [-0.4, -0.2) is 31.1 Å². The van der Waals surface area contributed by atoms with Gasteiger partial charge in [0.1, 0.15) is 0 Å². The first-order valence-electron chi connectivity index (χ1n) is 20.2. The van der Waals surface area contributed by atoms with Gasteiger partial charge in [-0.25, -0.2) is 0 Å². The molecule has 0 saturated heterocycles. The molecule has 284 valence electrons. The Balaban J connectivity index is 0.00000102. The maximum atomic E-state index is 5.63. The average molecular weight is 695 g/mol. The summed E-state index contributed by atoms with van der Waals surface area (Å²) in [5, 5.41) is 3.24. The quantitative estimate of drug-likeness (QED) is 0.0859. The van der Waals surface area contributed by atoms with E-state index in [1.54, 1.807) is 0 Å². The minimum Gasteiger partial charge on any atom is -0.343 e. The van der Waals surface area contributed by atoms with Gasteiger partial charge in [0, 0.05) is 24.5 Å². The molecule has 1 N–H and O–H groups in total. The van der Waals surface area contributed by atoms with Crippen molar-refractivity contribution in [2.45, 2.75) is 146 Å². The maximum Gasteiger partial charge on any atom is 0.0393 e. The molecule has 0 fully saturated rings. The molecule has 3 rings (SSSR count). The van der Waals surface area contributed by atoms with E-state index in [4.69, 9.17) is 6.42 Å². The van der Waals surface area contributed by atoms with Crippen molar-refractivity contribution >= 4 is 5.57 Å². The molecule has 0 radical (unpaired) electrons. The number of allylic oxidation sites excluding steroid dienone is 1. The van der Waals surface area contributed by atoms with E-state index in [1.165, 1.54) is 71.0 Å². The van der Waals surface area contributed by atoms with Crippen molar-refractivity contribution in [3.8, 4) is 12.5 Å². The summed E-state index contributed by atoms with van der Waals surface area (Å²) in [6.07, 6.45) is 15.4. The van der Waals surface area contributed by atoms with Crippen molar-refractivity contribution in [1.29, 1.82) is 0 Å². The summed E-state index contributed by atoms with van der Waals surface area (Å²) in [5.41, 5.74) is 10.8. The third-order valence-electron chi connectivity index (χ3n) is 9.48. The Kier molecular flexibility index (Phi) is 26.5. The number of hydrogen-bond acceptors (Lipinski definition) is 2. The monoisotopic (exact) mass is 695 g/mol. The first kappa shape index (κ1) is 47.7. The molecule has 0 aliphatic heterocycles. The minimum absolute atomic E-state index is 0.195. The fourth-order valence-electron chi connectivity index (χ4n) is 5.74. The second kappa shape index (κ2) is 28.3. The van der Waals surface area contributed by atoms with E-state index in [2.05, 4.69) is 166 Å². The second-order valence-corrected chi connectivity index (χ2v) is 14.8. The average Bonchev–Trinajstić information content (AvgIpc) is 3.12. The molecule has 0 aliphatic carbocycles. The number of rotatable bonds is 17. The predicted molar refractivity (Wildman–Crippen MR) is 232 cm³/mol. The van der Waals surface area contributed by atoms with Crippen LogP contribution in [0, 0.1) is 31.2 Å². The number of likely N-dealkylation sites (N-methyl/N-ethyl adjacent to an activating group) is 1. The Morgan fingerprint density at radius 1 is 0.824 bits per heavy atom. The molecule has 0 unspecified atom stereocenters. The SMILES string of the molecule is C#CN[C@H](C)[C@H](CN(C)CC)c1cc(CCC)c(C)cc1Cc1ccc(C(=C)C)cc1.CC.CC(C)CCCCc1ccccc1.CCC(C)C. The van der Waals surface area contributed by atoms with Crippen LogP contribution < -0.4 is 5.32 Å². The highest BCUT2D eigenvalue weighted by molar-refractivity contribution is 5.61. The third kappa shape index (κ3) is 20.4. The van der Waals surface area contributed by atoms with Gasteiger partial charge < -0.3 is 10.2 Å². The predicted octanol–water partition coefficient (Wildman–Crippen LogP) is 13.3. The highest BCUT2D eigenvalue weighted by Crippen LogP contribution is 2.30. The lowest BCUT2D eigenvalue weighted by Crippen LogP contribution is -2.37. The topological polar surface area (TPSA) is 15.3 Å². The lowest BCUT2D eigenvalue weighted by molar-refractivity contribution is 0.303. The zero-order chi connectivity index (χ0) is 38.8. The Morgan fingerprint density at radius 3 is 1.92 bits per heavy atom. The van der Waals surface area contributed by atoms with Gasteiger partial charge in [-0.3, -0.25) is 0 Å².